The molecule has 220 valence electrons. The Morgan fingerprint density at radius 3 is 2.66 bits per heavy atom. The highest BCUT2D eigenvalue weighted by Gasteiger charge is 2.55. The number of H-pyrrole nitrogens is 1. The second-order valence-electron chi connectivity index (χ2n) is 10.1. The van der Waals surface area contributed by atoms with Gasteiger partial charge in [0.25, 0.3) is 5.56 Å². The molecule has 1 aliphatic rings. The Morgan fingerprint density at radius 2 is 2.00 bits per heavy atom. The number of carbonyl (C=O) groups is 1. The van der Waals surface area contributed by atoms with Crippen LogP contribution in [0.4, 0.5) is 5.95 Å². The smallest absolute Gasteiger partial charge is 0.380 e. The van der Waals surface area contributed by atoms with Crippen molar-refractivity contribution in [2.24, 2.45) is 11.7 Å². The van der Waals surface area contributed by atoms with Crippen molar-refractivity contribution in [1.82, 2.24) is 14.5 Å². The fourth-order valence-corrected chi connectivity index (χ4v) is 6.41. The van der Waals surface area contributed by atoms with E-state index >= 15 is 0 Å². The number of aromatic nitrogens is 3. The molecule has 1 unspecified atom stereocenters. The van der Waals surface area contributed by atoms with Crippen LogP contribution in [0.25, 0.3) is 11.0 Å². The first-order valence-electron chi connectivity index (χ1n) is 13.0. The molecule has 0 spiro atoms. The number of aliphatic hydroxyl groups excluding tert-OH is 1. The van der Waals surface area contributed by atoms with Gasteiger partial charge < -0.3 is 35.1 Å². The first kappa shape index (κ1) is 30.3. The number of aliphatic hydroxyl groups is 1. The second kappa shape index (κ2) is 12.1. The molecular weight excluding hydrogens is 553 g/mol. The molecule has 3 aromatic rings. The van der Waals surface area contributed by atoms with Gasteiger partial charge in [-0.3, -0.25) is 19.1 Å². The third-order valence-electron chi connectivity index (χ3n) is 6.42. The minimum atomic E-state index is -4.01. The molecule has 2 aromatic heterocycles. The van der Waals surface area contributed by atoms with Gasteiger partial charge in [-0.25, -0.2) is 4.57 Å². The standard InChI is InChI=1S/C27H34N5O8P/c1-5-12-27(29)21(33)20(39-25(27)32-13-11-19-22(32)30-26(28)31-23(19)34)14-37-41(36,40-18-9-7-6-8-10-18)15-17(4)24(35)38-16(2)3/h6-11,13,16-17,20-21,25,33H,14-15,29H2,1-4H3,(H3,28,30,31,34)/t17-,20-,21+,25-,27?,41+/m1/s1. The van der Waals surface area contributed by atoms with Gasteiger partial charge in [-0.1, -0.05) is 31.0 Å². The Labute approximate surface area is 236 Å². The summed E-state index contributed by atoms with van der Waals surface area (Å²) in [6.07, 6.45) is -2.81. The van der Waals surface area contributed by atoms with Crippen LogP contribution in [0.1, 0.15) is 33.9 Å². The fraction of sp³-hybridized carbons (Fsp3) is 0.444. The number of para-hydroxylation sites is 1. The lowest BCUT2D eigenvalue weighted by molar-refractivity contribution is -0.151. The summed E-state index contributed by atoms with van der Waals surface area (Å²) in [5.41, 5.74) is 10.4. The molecule has 0 radical (unpaired) electrons. The molecule has 14 heteroatoms. The number of aromatic amines is 1. The maximum absolute atomic E-state index is 14.0. The molecular formula is C27H34N5O8P. The SMILES string of the molecule is CC#CC1(N)[C@@H](O)[C@@H](CO[P@@](=O)(C[C@@H](C)C(=O)OC(C)C)Oc2ccccc2)O[C@H]1n1ccc2c(=O)[nH]c(N)nc21. The van der Waals surface area contributed by atoms with Crippen molar-refractivity contribution < 1.29 is 33.0 Å². The zero-order chi connectivity index (χ0) is 29.9. The van der Waals surface area contributed by atoms with Crippen LogP contribution in [0, 0.1) is 17.8 Å². The van der Waals surface area contributed by atoms with E-state index in [4.69, 9.17) is 30.0 Å². The molecule has 1 aliphatic heterocycles. The Kier molecular flexibility index (Phi) is 8.91. The quantitative estimate of drug-likeness (QED) is 0.154. The lowest BCUT2D eigenvalue weighted by Gasteiger charge is -2.28. The minimum Gasteiger partial charge on any atom is -0.463 e. The summed E-state index contributed by atoms with van der Waals surface area (Å²) in [5.74, 6) is 4.28. The highest BCUT2D eigenvalue weighted by molar-refractivity contribution is 7.54. The number of nitrogens with zero attached hydrogens (tertiary/aromatic N) is 2. The second-order valence-corrected chi connectivity index (χ2v) is 12.1. The van der Waals surface area contributed by atoms with Crippen LogP contribution in [0.2, 0.25) is 0 Å². The number of rotatable bonds is 10. The van der Waals surface area contributed by atoms with E-state index in [9.17, 15) is 19.3 Å². The van der Waals surface area contributed by atoms with Gasteiger partial charge in [-0.05, 0) is 39.0 Å². The molecule has 1 aromatic carbocycles. The van der Waals surface area contributed by atoms with Gasteiger partial charge in [0, 0.05) is 6.20 Å². The molecule has 4 rings (SSSR count). The van der Waals surface area contributed by atoms with Crippen molar-refractivity contribution in [2.45, 2.75) is 57.8 Å². The normalized spacial score (nSPS) is 24.4. The number of hydrogen-bond acceptors (Lipinski definition) is 11. The fourth-order valence-electron chi connectivity index (χ4n) is 4.54. The maximum atomic E-state index is 14.0. The molecule has 0 amide bonds. The van der Waals surface area contributed by atoms with Gasteiger partial charge in [0.05, 0.1) is 30.2 Å². The molecule has 1 fully saturated rings. The van der Waals surface area contributed by atoms with E-state index in [-0.39, 0.29) is 35.0 Å². The summed E-state index contributed by atoms with van der Waals surface area (Å²) in [5, 5.41) is 11.5. The van der Waals surface area contributed by atoms with Gasteiger partial charge in [-0.2, -0.15) is 4.98 Å². The molecule has 0 saturated carbocycles. The zero-order valence-electron chi connectivity index (χ0n) is 23.1. The summed E-state index contributed by atoms with van der Waals surface area (Å²) in [4.78, 5) is 31.5. The molecule has 0 bridgehead atoms. The number of fused-ring (bicyclic) bond motifs is 1. The predicted octanol–water partition coefficient (Wildman–Crippen LogP) is 2.16. The lowest BCUT2D eigenvalue weighted by atomic mass is 9.91. The van der Waals surface area contributed by atoms with E-state index in [2.05, 4.69) is 21.8 Å². The Hall–Kier alpha value is -3.66. The number of hydrogen-bond donors (Lipinski definition) is 4. The van der Waals surface area contributed by atoms with Crippen molar-refractivity contribution >= 4 is 30.5 Å². The van der Waals surface area contributed by atoms with E-state index in [1.54, 1.807) is 58.0 Å². The minimum absolute atomic E-state index is 0.116. The van der Waals surface area contributed by atoms with Gasteiger partial charge in [-0.15, -0.1) is 5.92 Å². The summed E-state index contributed by atoms with van der Waals surface area (Å²) < 4.78 is 38.4. The number of ether oxygens (including phenoxy) is 2. The number of carbonyl (C=O) groups excluding carboxylic acids is 1. The Balaban J connectivity index is 1.62. The number of nitrogens with one attached hydrogen (secondary N) is 1. The predicted molar refractivity (Wildman–Crippen MR) is 151 cm³/mol. The highest BCUT2D eigenvalue weighted by Crippen LogP contribution is 2.51. The number of benzene rings is 1. The maximum Gasteiger partial charge on any atom is 0.380 e. The van der Waals surface area contributed by atoms with E-state index < -0.39 is 55.6 Å². The van der Waals surface area contributed by atoms with Crippen molar-refractivity contribution in [2.75, 3.05) is 18.5 Å². The average Bonchev–Trinajstić information content (AvgIpc) is 3.42. The van der Waals surface area contributed by atoms with Crippen LogP contribution in [-0.2, 0) is 23.4 Å². The average molecular weight is 588 g/mol. The van der Waals surface area contributed by atoms with Crippen LogP contribution < -0.4 is 21.6 Å². The van der Waals surface area contributed by atoms with E-state index in [0.29, 0.717) is 0 Å². The highest BCUT2D eigenvalue weighted by atomic mass is 31.2. The third kappa shape index (κ3) is 6.48. The zero-order valence-corrected chi connectivity index (χ0v) is 24.0. The van der Waals surface area contributed by atoms with Gasteiger partial charge >= 0.3 is 13.6 Å². The summed E-state index contributed by atoms with van der Waals surface area (Å²) in [6, 6.07) is 9.88. The van der Waals surface area contributed by atoms with Gasteiger partial charge in [0.2, 0.25) is 5.95 Å². The lowest BCUT2D eigenvalue weighted by Crippen LogP contribution is -2.53. The molecule has 1 saturated heterocycles. The number of nitrogen functional groups attached to an aromatic ring is 1. The first-order valence-corrected chi connectivity index (χ1v) is 14.7. The van der Waals surface area contributed by atoms with Crippen molar-refractivity contribution in [3.8, 4) is 17.6 Å². The van der Waals surface area contributed by atoms with Crippen molar-refractivity contribution in [1.29, 1.82) is 0 Å². The number of esters is 1. The van der Waals surface area contributed by atoms with Crippen LogP contribution >= 0.6 is 7.60 Å². The number of anilines is 1. The molecule has 6 atom stereocenters. The summed E-state index contributed by atoms with van der Waals surface area (Å²) >= 11 is 0. The van der Waals surface area contributed by atoms with E-state index in [0.717, 1.165) is 0 Å². The molecule has 3 heterocycles. The molecule has 13 nitrogen and oxygen atoms in total. The molecule has 41 heavy (non-hydrogen) atoms. The molecule has 6 N–H and O–H groups in total. The van der Waals surface area contributed by atoms with Crippen LogP contribution in [0.15, 0.2) is 47.4 Å². The first-order chi connectivity index (χ1) is 19.4. The summed E-state index contributed by atoms with van der Waals surface area (Å²) in [7, 11) is -4.01. The summed E-state index contributed by atoms with van der Waals surface area (Å²) in [6.45, 7) is 6.11. The van der Waals surface area contributed by atoms with Gasteiger partial charge in [0.15, 0.2) is 17.4 Å². The van der Waals surface area contributed by atoms with Crippen molar-refractivity contribution in [3.63, 3.8) is 0 Å². The van der Waals surface area contributed by atoms with Crippen molar-refractivity contribution in [3.05, 3.63) is 52.9 Å². The third-order valence-corrected chi connectivity index (χ3v) is 8.45. The van der Waals surface area contributed by atoms with Crippen LogP contribution in [0.3, 0.4) is 0 Å². The van der Waals surface area contributed by atoms with Gasteiger partial charge in [0.1, 0.15) is 18.0 Å². The number of nitrogens with two attached hydrogens (primary N) is 2. The van der Waals surface area contributed by atoms with Crippen LogP contribution in [-0.4, -0.2) is 62.2 Å². The Morgan fingerprint density at radius 1 is 1.29 bits per heavy atom. The van der Waals surface area contributed by atoms with E-state index in [1.165, 1.54) is 16.8 Å². The van der Waals surface area contributed by atoms with E-state index in [1.807, 2.05) is 0 Å². The monoisotopic (exact) mass is 587 g/mol. The Bertz CT molecular complexity index is 1560. The largest absolute Gasteiger partial charge is 0.463 e. The molecule has 0 aliphatic carbocycles. The topological polar surface area (TPSA) is 194 Å². The van der Waals surface area contributed by atoms with Crippen LogP contribution in [0.5, 0.6) is 5.75 Å².